The minimum absolute atomic E-state index is 0.436. The number of hydrogen-bond acceptors (Lipinski definition) is 4. The second-order valence-electron chi connectivity index (χ2n) is 3.89. The quantitative estimate of drug-likeness (QED) is 0.776. The summed E-state index contributed by atoms with van der Waals surface area (Å²) in [6.07, 6.45) is 3.75. The number of anilines is 1. The van der Waals surface area contributed by atoms with E-state index in [1.807, 2.05) is 13.0 Å². The molecule has 1 aliphatic rings. The summed E-state index contributed by atoms with van der Waals surface area (Å²) in [4.78, 5) is 13.4. The lowest BCUT2D eigenvalue weighted by molar-refractivity contribution is 0.473. The van der Waals surface area contributed by atoms with Gasteiger partial charge in [-0.25, -0.2) is 14.8 Å². The van der Waals surface area contributed by atoms with Crippen molar-refractivity contribution in [2.24, 2.45) is 0 Å². The highest BCUT2D eigenvalue weighted by Gasteiger charge is 2.19. The van der Waals surface area contributed by atoms with Crippen molar-refractivity contribution >= 4 is 17.6 Å². The second kappa shape index (κ2) is 4.77. The normalized spacial score (nSPS) is 18.1. The van der Waals surface area contributed by atoms with Gasteiger partial charge >= 0.3 is 0 Å². The maximum Gasteiger partial charge on any atom is 0.132 e. The Morgan fingerprint density at radius 3 is 2.73 bits per heavy atom. The Labute approximate surface area is 94.8 Å². The van der Waals surface area contributed by atoms with E-state index in [2.05, 4.69) is 19.7 Å². The lowest BCUT2D eigenvalue weighted by Crippen LogP contribution is -2.40. The van der Waals surface area contributed by atoms with Gasteiger partial charge < -0.3 is 4.90 Å². The molecule has 4 nitrogen and oxygen atoms in total. The summed E-state index contributed by atoms with van der Waals surface area (Å²) in [7, 11) is 0. The van der Waals surface area contributed by atoms with E-state index in [0.29, 0.717) is 6.04 Å². The highest BCUT2D eigenvalue weighted by atomic mass is 35.5. The van der Waals surface area contributed by atoms with Crippen LogP contribution in [0.1, 0.15) is 18.5 Å². The van der Waals surface area contributed by atoms with Gasteiger partial charge in [-0.15, -0.1) is 0 Å². The maximum atomic E-state index is 5.61. The highest BCUT2D eigenvalue weighted by molar-refractivity contribution is 6.13. The van der Waals surface area contributed by atoms with Crippen molar-refractivity contribution in [1.82, 2.24) is 14.8 Å². The van der Waals surface area contributed by atoms with E-state index in [9.17, 15) is 0 Å². The number of aromatic nitrogens is 2. The smallest absolute Gasteiger partial charge is 0.132 e. The predicted molar refractivity (Wildman–Crippen MR) is 61.0 cm³/mol. The van der Waals surface area contributed by atoms with Gasteiger partial charge in [0.25, 0.3) is 0 Å². The van der Waals surface area contributed by atoms with Crippen LogP contribution in [-0.4, -0.2) is 29.1 Å². The number of rotatable bonds is 2. The molecule has 1 aliphatic heterocycles. The molecule has 1 N–H and O–H groups in total. The SMILES string of the molecule is Cc1cc(N2CCC(NCl)CC2)ncn1. The monoisotopic (exact) mass is 226 g/mol. The zero-order chi connectivity index (χ0) is 10.7. The average molecular weight is 227 g/mol. The molecule has 0 atom stereocenters. The first-order valence-electron chi connectivity index (χ1n) is 5.19. The molecule has 0 aromatic carbocycles. The first-order chi connectivity index (χ1) is 7.29. The van der Waals surface area contributed by atoms with Gasteiger partial charge in [0, 0.05) is 30.9 Å². The summed E-state index contributed by atoms with van der Waals surface area (Å²) in [5, 5.41) is 0. The molecule has 0 unspecified atom stereocenters. The molecule has 15 heavy (non-hydrogen) atoms. The van der Waals surface area contributed by atoms with Crippen molar-refractivity contribution in [3.05, 3.63) is 18.1 Å². The van der Waals surface area contributed by atoms with E-state index in [0.717, 1.165) is 37.4 Å². The molecule has 82 valence electrons. The van der Waals surface area contributed by atoms with Gasteiger partial charge in [-0.05, 0) is 31.5 Å². The second-order valence-corrected chi connectivity index (χ2v) is 4.11. The molecule has 0 saturated carbocycles. The van der Waals surface area contributed by atoms with Gasteiger partial charge in [-0.3, -0.25) is 0 Å². The van der Waals surface area contributed by atoms with E-state index in [1.54, 1.807) is 6.33 Å². The lowest BCUT2D eigenvalue weighted by Gasteiger charge is -2.31. The van der Waals surface area contributed by atoms with E-state index in [1.165, 1.54) is 0 Å². The van der Waals surface area contributed by atoms with Crippen LogP contribution in [-0.2, 0) is 0 Å². The van der Waals surface area contributed by atoms with Crippen molar-refractivity contribution in [2.45, 2.75) is 25.8 Å². The molecule has 1 aromatic heterocycles. The molecule has 1 saturated heterocycles. The number of halogens is 1. The van der Waals surface area contributed by atoms with Crippen LogP contribution in [0, 0.1) is 6.92 Å². The Morgan fingerprint density at radius 2 is 2.13 bits per heavy atom. The van der Waals surface area contributed by atoms with Crippen LogP contribution in [0.5, 0.6) is 0 Å². The molecule has 0 amide bonds. The average Bonchev–Trinajstić information content (AvgIpc) is 2.29. The summed E-state index contributed by atoms with van der Waals surface area (Å²) >= 11 is 5.61. The fourth-order valence-corrected chi connectivity index (χ4v) is 2.05. The number of piperidine rings is 1. The zero-order valence-corrected chi connectivity index (χ0v) is 9.54. The van der Waals surface area contributed by atoms with Crippen molar-refractivity contribution in [1.29, 1.82) is 0 Å². The molecular formula is C10H15ClN4. The molecule has 2 heterocycles. The Balaban J connectivity index is 2.01. The third kappa shape index (κ3) is 2.58. The third-order valence-corrected chi connectivity index (χ3v) is 3.07. The molecule has 5 heteroatoms. The van der Waals surface area contributed by atoms with Crippen LogP contribution < -0.4 is 9.74 Å². The highest BCUT2D eigenvalue weighted by Crippen LogP contribution is 2.17. The number of aryl methyl sites for hydroxylation is 1. The van der Waals surface area contributed by atoms with Gasteiger partial charge in [0.1, 0.15) is 12.1 Å². The molecule has 0 radical (unpaired) electrons. The van der Waals surface area contributed by atoms with Gasteiger partial charge in [0.15, 0.2) is 0 Å². The summed E-state index contributed by atoms with van der Waals surface area (Å²) in [6.45, 7) is 3.99. The number of nitrogens with one attached hydrogen (secondary N) is 1. The van der Waals surface area contributed by atoms with Crippen molar-refractivity contribution in [3.63, 3.8) is 0 Å². The summed E-state index contributed by atoms with van der Waals surface area (Å²) < 4.78 is 0. The van der Waals surface area contributed by atoms with Crippen molar-refractivity contribution in [3.8, 4) is 0 Å². The molecule has 0 aliphatic carbocycles. The Bertz CT molecular complexity index is 323. The fraction of sp³-hybridized carbons (Fsp3) is 0.600. The van der Waals surface area contributed by atoms with Gasteiger partial charge in [-0.2, -0.15) is 0 Å². The topological polar surface area (TPSA) is 41.0 Å². The Morgan fingerprint density at radius 1 is 1.40 bits per heavy atom. The van der Waals surface area contributed by atoms with E-state index in [-0.39, 0.29) is 0 Å². The van der Waals surface area contributed by atoms with Crippen LogP contribution in [0.15, 0.2) is 12.4 Å². The van der Waals surface area contributed by atoms with Crippen LogP contribution in [0.25, 0.3) is 0 Å². The zero-order valence-electron chi connectivity index (χ0n) is 8.78. The first kappa shape index (κ1) is 10.6. The van der Waals surface area contributed by atoms with Crippen LogP contribution in [0.3, 0.4) is 0 Å². The predicted octanol–water partition coefficient (Wildman–Crippen LogP) is 1.50. The molecule has 0 spiro atoms. The fourth-order valence-electron chi connectivity index (χ4n) is 1.83. The van der Waals surface area contributed by atoms with E-state index < -0.39 is 0 Å². The number of hydrogen-bond donors (Lipinski definition) is 1. The van der Waals surface area contributed by atoms with Crippen LogP contribution >= 0.6 is 11.8 Å². The van der Waals surface area contributed by atoms with Crippen LogP contribution in [0.2, 0.25) is 0 Å². The molecular weight excluding hydrogens is 212 g/mol. The molecule has 1 fully saturated rings. The van der Waals surface area contributed by atoms with E-state index in [4.69, 9.17) is 11.8 Å². The Kier molecular flexibility index (Phi) is 3.38. The molecule has 1 aromatic rings. The minimum Gasteiger partial charge on any atom is -0.356 e. The summed E-state index contributed by atoms with van der Waals surface area (Å²) in [5.74, 6) is 1.02. The summed E-state index contributed by atoms with van der Waals surface area (Å²) in [5.41, 5.74) is 1.01. The maximum absolute atomic E-state index is 5.61. The number of nitrogens with zero attached hydrogens (tertiary/aromatic N) is 3. The first-order valence-corrected chi connectivity index (χ1v) is 5.57. The Hall–Kier alpha value is -0.870. The van der Waals surface area contributed by atoms with Crippen molar-refractivity contribution < 1.29 is 0 Å². The van der Waals surface area contributed by atoms with Crippen LogP contribution in [0.4, 0.5) is 5.82 Å². The largest absolute Gasteiger partial charge is 0.356 e. The van der Waals surface area contributed by atoms with Gasteiger partial charge in [0.2, 0.25) is 0 Å². The van der Waals surface area contributed by atoms with Gasteiger partial charge in [0.05, 0.1) is 0 Å². The standard InChI is InChI=1S/C10H15ClN4/c1-8-6-10(13-7-12-8)15-4-2-9(14-11)3-5-15/h6-7,9,14H,2-5H2,1H3. The third-order valence-electron chi connectivity index (χ3n) is 2.76. The van der Waals surface area contributed by atoms with Crippen molar-refractivity contribution in [2.75, 3.05) is 18.0 Å². The lowest BCUT2D eigenvalue weighted by atomic mass is 10.1. The van der Waals surface area contributed by atoms with E-state index >= 15 is 0 Å². The summed E-state index contributed by atoms with van der Waals surface area (Å²) in [6, 6.07) is 2.46. The molecule has 2 rings (SSSR count). The van der Waals surface area contributed by atoms with Gasteiger partial charge in [-0.1, -0.05) is 0 Å². The minimum atomic E-state index is 0.436. The molecule has 0 bridgehead atoms.